The number of rotatable bonds is 4. The molecule has 1 atom stereocenters. The van der Waals surface area contributed by atoms with Crippen molar-refractivity contribution in [3.05, 3.63) is 77.4 Å². The number of nitrogens with zero attached hydrogens (tertiary/aromatic N) is 6. The van der Waals surface area contributed by atoms with E-state index in [-0.39, 0.29) is 6.04 Å². The van der Waals surface area contributed by atoms with Crippen LogP contribution in [0.4, 0.5) is 5.82 Å². The van der Waals surface area contributed by atoms with E-state index in [2.05, 4.69) is 63.2 Å². The van der Waals surface area contributed by atoms with Gasteiger partial charge < -0.3 is 14.2 Å². The summed E-state index contributed by atoms with van der Waals surface area (Å²) in [6, 6.07) is 14.8. The van der Waals surface area contributed by atoms with E-state index in [9.17, 15) is 0 Å². The smallest absolute Gasteiger partial charge is 0.238 e. The van der Waals surface area contributed by atoms with Crippen molar-refractivity contribution in [3.63, 3.8) is 0 Å². The highest BCUT2D eigenvalue weighted by Crippen LogP contribution is 2.37. The number of aromatic nitrogens is 5. The fourth-order valence-electron chi connectivity index (χ4n) is 4.20. The molecule has 0 fully saturated rings. The van der Waals surface area contributed by atoms with Crippen molar-refractivity contribution in [1.82, 2.24) is 24.7 Å². The highest BCUT2D eigenvalue weighted by Gasteiger charge is 2.28. The van der Waals surface area contributed by atoms with Gasteiger partial charge in [-0.1, -0.05) is 24.3 Å². The lowest BCUT2D eigenvalue weighted by Gasteiger charge is -2.24. The van der Waals surface area contributed by atoms with Gasteiger partial charge in [-0.3, -0.25) is 0 Å². The number of hydrogen-bond donors (Lipinski definition) is 0. The van der Waals surface area contributed by atoms with Crippen LogP contribution >= 0.6 is 0 Å². The van der Waals surface area contributed by atoms with Crippen molar-refractivity contribution in [2.45, 2.75) is 33.4 Å². The summed E-state index contributed by atoms with van der Waals surface area (Å²) in [4.78, 5) is 11.3. The van der Waals surface area contributed by atoms with Crippen LogP contribution in [-0.4, -0.2) is 31.8 Å². The van der Waals surface area contributed by atoms with Gasteiger partial charge in [0.1, 0.15) is 11.4 Å². The monoisotopic (exact) mass is 412 g/mol. The van der Waals surface area contributed by atoms with Gasteiger partial charge in [-0.2, -0.15) is 0 Å². The zero-order valence-electron chi connectivity index (χ0n) is 18.1. The van der Waals surface area contributed by atoms with Crippen LogP contribution in [0.5, 0.6) is 5.88 Å². The minimum Gasteiger partial charge on any atom is -0.479 e. The van der Waals surface area contributed by atoms with Crippen LogP contribution < -0.4 is 9.64 Å². The number of aryl methyl sites for hydroxylation is 2. The van der Waals surface area contributed by atoms with Crippen molar-refractivity contribution >= 4 is 5.82 Å². The number of methoxy groups -OCH3 is 1. The molecule has 31 heavy (non-hydrogen) atoms. The van der Waals surface area contributed by atoms with E-state index in [1.54, 1.807) is 13.4 Å². The SMILES string of the molecule is COc1nc(-c2cc(C)c(N3Cc4ccccc4C3C)nn2)ccc1-n1cnc(C)c1. The van der Waals surface area contributed by atoms with E-state index in [0.717, 1.165) is 40.7 Å². The molecule has 0 radical (unpaired) electrons. The number of anilines is 1. The largest absolute Gasteiger partial charge is 0.479 e. The maximum absolute atomic E-state index is 5.54. The summed E-state index contributed by atoms with van der Waals surface area (Å²) in [6.45, 7) is 7.08. The molecule has 3 aromatic heterocycles. The molecule has 0 bridgehead atoms. The van der Waals surface area contributed by atoms with Gasteiger partial charge in [0, 0.05) is 12.7 Å². The molecule has 7 nitrogen and oxygen atoms in total. The molecule has 156 valence electrons. The maximum Gasteiger partial charge on any atom is 0.238 e. The van der Waals surface area contributed by atoms with E-state index in [0.29, 0.717) is 5.88 Å². The molecule has 1 aromatic carbocycles. The fraction of sp³-hybridized carbons (Fsp3) is 0.250. The lowest BCUT2D eigenvalue weighted by atomic mass is 10.1. The van der Waals surface area contributed by atoms with Gasteiger partial charge in [-0.25, -0.2) is 9.97 Å². The van der Waals surface area contributed by atoms with Crippen molar-refractivity contribution in [2.75, 3.05) is 12.0 Å². The molecule has 0 aliphatic carbocycles. The highest BCUT2D eigenvalue weighted by molar-refractivity contribution is 5.62. The normalized spacial score (nSPS) is 15.2. The highest BCUT2D eigenvalue weighted by atomic mass is 16.5. The Labute approximate surface area is 181 Å². The standard InChI is InChI=1S/C24H24N6O/c1-15-11-21(20-9-10-22(24(26-20)31-4)29-12-16(2)25-14-29)27-28-23(15)30-13-18-7-5-6-8-19(18)17(30)3/h5-12,14,17H,13H2,1-4H3. The molecule has 0 N–H and O–H groups in total. The van der Waals surface area contributed by atoms with Crippen LogP contribution in [0.25, 0.3) is 17.1 Å². The lowest BCUT2D eigenvalue weighted by molar-refractivity contribution is 0.396. The predicted octanol–water partition coefficient (Wildman–Crippen LogP) is 4.43. The van der Waals surface area contributed by atoms with Crippen molar-refractivity contribution in [2.24, 2.45) is 0 Å². The molecule has 1 unspecified atom stereocenters. The summed E-state index contributed by atoms with van der Waals surface area (Å²) in [7, 11) is 1.62. The minimum absolute atomic E-state index is 0.270. The van der Waals surface area contributed by atoms with Gasteiger partial charge >= 0.3 is 0 Å². The van der Waals surface area contributed by atoms with Crippen molar-refractivity contribution in [3.8, 4) is 23.0 Å². The molecule has 0 saturated heterocycles. The summed E-state index contributed by atoms with van der Waals surface area (Å²) in [5.74, 6) is 1.42. The molecule has 0 saturated carbocycles. The van der Waals surface area contributed by atoms with Crippen molar-refractivity contribution in [1.29, 1.82) is 0 Å². The third-order valence-electron chi connectivity index (χ3n) is 5.83. The lowest BCUT2D eigenvalue weighted by Crippen LogP contribution is -2.21. The Hall–Kier alpha value is -3.74. The summed E-state index contributed by atoms with van der Waals surface area (Å²) in [6.07, 6.45) is 3.69. The Balaban J connectivity index is 1.47. The molecule has 0 amide bonds. The van der Waals surface area contributed by atoms with Gasteiger partial charge in [0.2, 0.25) is 5.88 Å². The molecule has 1 aliphatic rings. The predicted molar refractivity (Wildman–Crippen MR) is 119 cm³/mol. The molecular weight excluding hydrogens is 388 g/mol. The van der Waals surface area contributed by atoms with E-state index in [4.69, 9.17) is 4.74 Å². The van der Waals surface area contributed by atoms with Gasteiger partial charge in [0.05, 0.1) is 30.9 Å². The van der Waals surface area contributed by atoms with Gasteiger partial charge in [0.25, 0.3) is 0 Å². The second kappa shape index (κ2) is 7.50. The topological polar surface area (TPSA) is 69.0 Å². The number of benzene rings is 1. The second-order valence-electron chi connectivity index (χ2n) is 7.89. The molecule has 0 spiro atoms. The van der Waals surface area contributed by atoms with Gasteiger partial charge in [0.15, 0.2) is 5.82 Å². The summed E-state index contributed by atoms with van der Waals surface area (Å²) in [5.41, 5.74) is 6.97. The second-order valence-corrected chi connectivity index (χ2v) is 7.89. The average Bonchev–Trinajstić information content (AvgIpc) is 3.36. The molecule has 5 rings (SSSR count). The summed E-state index contributed by atoms with van der Waals surface area (Å²) in [5, 5.41) is 9.09. The number of fused-ring (bicyclic) bond motifs is 1. The van der Waals surface area contributed by atoms with Crippen LogP contribution in [-0.2, 0) is 6.54 Å². The molecule has 1 aliphatic heterocycles. The number of ether oxygens (including phenoxy) is 1. The van der Waals surface area contributed by atoms with E-state index in [1.165, 1.54) is 11.1 Å². The Morgan fingerprint density at radius 3 is 2.58 bits per heavy atom. The molecule has 7 heteroatoms. The Morgan fingerprint density at radius 2 is 1.87 bits per heavy atom. The third-order valence-corrected chi connectivity index (χ3v) is 5.83. The number of hydrogen-bond acceptors (Lipinski definition) is 6. The molecule has 4 aromatic rings. The Bertz CT molecular complexity index is 1260. The number of imidazole rings is 1. The Kier molecular flexibility index (Phi) is 4.66. The third kappa shape index (κ3) is 3.32. The first kappa shape index (κ1) is 19.2. The van der Waals surface area contributed by atoms with Crippen LogP contribution in [0.2, 0.25) is 0 Å². The zero-order chi connectivity index (χ0) is 21.5. The van der Waals surface area contributed by atoms with Crippen LogP contribution in [0, 0.1) is 13.8 Å². The first-order chi connectivity index (χ1) is 15.0. The van der Waals surface area contributed by atoms with Gasteiger partial charge in [-0.15, -0.1) is 10.2 Å². The van der Waals surface area contributed by atoms with E-state index in [1.807, 2.05) is 35.9 Å². The first-order valence-electron chi connectivity index (χ1n) is 10.3. The molecular formula is C24H24N6O. The average molecular weight is 412 g/mol. The quantitative estimate of drug-likeness (QED) is 0.494. The van der Waals surface area contributed by atoms with Crippen molar-refractivity contribution < 1.29 is 4.74 Å². The van der Waals surface area contributed by atoms with Crippen LogP contribution in [0.3, 0.4) is 0 Å². The summed E-state index contributed by atoms with van der Waals surface area (Å²) < 4.78 is 7.44. The minimum atomic E-state index is 0.270. The van der Waals surface area contributed by atoms with Gasteiger partial charge in [-0.05, 0) is 55.7 Å². The van der Waals surface area contributed by atoms with E-state index >= 15 is 0 Å². The number of pyridine rings is 1. The maximum atomic E-state index is 5.54. The Morgan fingerprint density at radius 1 is 1.03 bits per heavy atom. The van der Waals surface area contributed by atoms with Crippen LogP contribution in [0.15, 0.2) is 55.0 Å². The first-order valence-corrected chi connectivity index (χ1v) is 10.3. The van der Waals surface area contributed by atoms with Crippen LogP contribution in [0.1, 0.15) is 35.3 Å². The summed E-state index contributed by atoms with van der Waals surface area (Å²) >= 11 is 0. The fourth-order valence-corrected chi connectivity index (χ4v) is 4.20. The van der Waals surface area contributed by atoms with E-state index < -0.39 is 0 Å². The molecule has 4 heterocycles. The zero-order valence-corrected chi connectivity index (χ0v) is 18.1.